The fourth-order valence-corrected chi connectivity index (χ4v) is 10.6. The van der Waals surface area contributed by atoms with Gasteiger partial charge in [-0.25, -0.2) is 0 Å². The Balaban J connectivity index is 1.17. The molecule has 6 aliphatic heterocycles. The van der Waals surface area contributed by atoms with E-state index in [9.17, 15) is 20.1 Å². The number of carbonyl (C=O) groups excluding carboxylic acids is 1. The zero-order valence-electron chi connectivity index (χ0n) is 36.9. The Morgan fingerprint density at radius 1 is 0.900 bits per heavy atom. The quantitative estimate of drug-likeness (QED) is 0.232. The maximum atomic E-state index is 14.3. The topological polar surface area (TPSA) is 170 Å². The summed E-state index contributed by atoms with van der Waals surface area (Å²) in [6, 6.07) is 0. The van der Waals surface area contributed by atoms with Crippen LogP contribution in [0.1, 0.15) is 99.8 Å². The molecule has 19 atom stereocenters. The standard InChI is InChI=1S/C46H70O14/c1-10-34-24(2)16-17-45(60-34)22-32-19-31(59-45)15-14-26(4)41(25(3)12-11-13-30-23-53-43-39(47)27(5)18-33(44(49)56-32)46(30,43)50)57-38-21-36(52-9)42(29(7)55-38)58-37-20-35(51-8)40(48)28(6)54-37/h11-14,18,24-25,28-29,31-43,47-48,50H,10,15-17,19-23H2,1-9H3/b12-11-,26-14+,30-13-/t24-,25-,28-,29-,31+,32-,33-,34+,35-,36-,37-,38-,39+,40-,41-,42-,43+,45+,46+/m0/s1. The number of rotatable bonds is 7. The van der Waals surface area contributed by atoms with Crippen molar-refractivity contribution in [3.8, 4) is 0 Å². The van der Waals surface area contributed by atoms with Crippen LogP contribution in [0.5, 0.6) is 0 Å². The molecular formula is C46H70O14. The van der Waals surface area contributed by atoms with Gasteiger partial charge in [0.05, 0.1) is 49.3 Å². The molecule has 0 aromatic heterocycles. The molecule has 0 radical (unpaired) electrons. The lowest BCUT2D eigenvalue weighted by Crippen LogP contribution is -2.58. The summed E-state index contributed by atoms with van der Waals surface area (Å²) in [7, 11) is 3.22. The molecule has 6 heterocycles. The van der Waals surface area contributed by atoms with E-state index in [0.29, 0.717) is 55.6 Å². The van der Waals surface area contributed by atoms with Crippen molar-refractivity contribution in [1.29, 1.82) is 0 Å². The van der Waals surface area contributed by atoms with Crippen LogP contribution in [-0.4, -0.2) is 139 Å². The van der Waals surface area contributed by atoms with E-state index in [1.807, 2.05) is 26.0 Å². The van der Waals surface area contributed by atoms with E-state index >= 15 is 0 Å². The Kier molecular flexibility index (Phi) is 14.5. The van der Waals surface area contributed by atoms with Crippen molar-refractivity contribution in [2.75, 3.05) is 20.8 Å². The van der Waals surface area contributed by atoms with Gasteiger partial charge in [-0.05, 0) is 69.6 Å². The molecule has 1 spiro atoms. The highest BCUT2D eigenvalue weighted by Crippen LogP contribution is 2.47. The van der Waals surface area contributed by atoms with Gasteiger partial charge in [-0.1, -0.05) is 51.2 Å². The lowest BCUT2D eigenvalue weighted by Gasteiger charge is -2.50. The van der Waals surface area contributed by atoms with Gasteiger partial charge in [-0.15, -0.1) is 0 Å². The lowest BCUT2D eigenvalue weighted by molar-refractivity contribution is -0.335. The van der Waals surface area contributed by atoms with Crippen molar-refractivity contribution in [3.63, 3.8) is 0 Å². The molecule has 338 valence electrons. The Morgan fingerprint density at radius 2 is 1.62 bits per heavy atom. The minimum Gasteiger partial charge on any atom is -0.462 e. The second kappa shape index (κ2) is 19.0. The van der Waals surface area contributed by atoms with Crippen LogP contribution in [0.4, 0.5) is 0 Å². The summed E-state index contributed by atoms with van der Waals surface area (Å²) in [5.41, 5.74) is 0.192. The van der Waals surface area contributed by atoms with Crippen LogP contribution in [0.15, 0.2) is 47.1 Å². The van der Waals surface area contributed by atoms with Gasteiger partial charge in [-0.2, -0.15) is 0 Å². The van der Waals surface area contributed by atoms with E-state index in [1.165, 1.54) is 0 Å². The second-order valence-electron chi connectivity index (χ2n) is 18.4. The van der Waals surface area contributed by atoms with Gasteiger partial charge in [0.15, 0.2) is 18.4 Å². The third kappa shape index (κ3) is 9.28. The van der Waals surface area contributed by atoms with E-state index in [4.69, 9.17) is 47.4 Å². The van der Waals surface area contributed by atoms with Crippen LogP contribution >= 0.6 is 0 Å². The predicted molar refractivity (Wildman–Crippen MR) is 218 cm³/mol. The van der Waals surface area contributed by atoms with Gasteiger partial charge >= 0.3 is 5.97 Å². The summed E-state index contributed by atoms with van der Waals surface area (Å²) in [4.78, 5) is 14.3. The van der Waals surface area contributed by atoms with E-state index in [0.717, 1.165) is 18.4 Å². The van der Waals surface area contributed by atoms with Crippen molar-refractivity contribution in [3.05, 3.63) is 47.1 Å². The monoisotopic (exact) mass is 846 g/mol. The predicted octanol–water partition coefficient (Wildman–Crippen LogP) is 4.97. The molecule has 0 aromatic rings. The Bertz CT molecular complexity index is 1630. The number of methoxy groups -OCH3 is 2. The van der Waals surface area contributed by atoms with E-state index in [1.54, 1.807) is 40.2 Å². The highest BCUT2D eigenvalue weighted by Gasteiger charge is 2.60. The van der Waals surface area contributed by atoms with E-state index in [2.05, 4.69) is 26.8 Å². The van der Waals surface area contributed by atoms with Crippen molar-refractivity contribution in [1.82, 2.24) is 0 Å². The number of hydrogen-bond acceptors (Lipinski definition) is 14. The molecule has 0 unspecified atom stereocenters. The first-order valence-corrected chi connectivity index (χ1v) is 22.3. The van der Waals surface area contributed by atoms with Crippen LogP contribution < -0.4 is 0 Å². The molecule has 5 saturated heterocycles. The zero-order valence-corrected chi connectivity index (χ0v) is 36.9. The second-order valence-corrected chi connectivity index (χ2v) is 18.4. The van der Waals surface area contributed by atoms with Crippen LogP contribution in [0.3, 0.4) is 0 Å². The Hall–Kier alpha value is -2.05. The molecule has 60 heavy (non-hydrogen) atoms. The van der Waals surface area contributed by atoms with Crippen LogP contribution in [0.2, 0.25) is 0 Å². The average molecular weight is 847 g/mol. The highest BCUT2D eigenvalue weighted by atomic mass is 16.7. The number of ether oxygens (including phenoxy) is 10. The van der Waals surface area contributed by atoms with Gasteiger partial charge in [0, 0.05) is 52.2 Å². The fourth-order valence-electron chi connectivity index (χ4n) is 10.6. The molecule has 14 heteroatoms. The normalized spacial score (nSPS) is 50.1. The van der Waals surface area contributed by atoms with Gasteiger partial charge in [0.25, 0.3) is 0 Å². The molecule has 0 amide bonds. The number of hydrogen-bond donors (Lipinski definition) is 3. The van der Waals surface area contributed by atoms with Crippen molar-refractivity contribution >= 4 is 5.97 Å². The SMILES string of the molecule is CC[C@H]1O[C@]2(CC[C@@H]1C)C[C@@H]1C[C@@H](C/C=C(\C)[C@@H](O[C@H]3C[C@H](OC)[C@@H](O[C@H]4C[C@H](OC)[C@@H](O)[C@H](C)O4)[C@H](C)O3)[C@@H](C)/C=C\C=C3\CO[C@@H]4[C@H](O)C(C)=C[C@@H](C(=O)O1)[C@]34O)O2. The zero-order chi connectivity index (χ0) is 43.1. The number of aliphatic hydroxyl groups is 3. The maximum absolute atomic E-state index is 14.3. The minimum atomic E-state index is -1.82. The summed E-state index contributed by atoms with van der Waals surface area (Å²) >= 11 is 0. The van der Waals surface area contributed by atoms with Gasteiger partial charge in [-0.3, -0.25) is 4.79 Å². The molecule has 0 saturated carbocycles. The lowest BCUT2D eigenvalue weighted by atomic mass is 9.71. The van der Waals surface area contributed by atoms with Crippen LogP contribution in [-0.2, 0) is 52.2 Å². The third-order valence-electron chi connectivity index (χ3n) is 14.2. The minimum absolute atomic E-state index is 0.0114. The number of aliphatic hydroxyl groups excluding tert-OH is 2. The summed E-state index contributed by atoms with van der Waals surface area (Å²) in [6.45, 7) is 14.0. The average Bonchev–Trinajstić information content (AvgIpc) is 3.56. The summed E-state index contributed by atoms with van der Waals surface area (Å²) in [5, 5.41) is 34.1. The molecule has 2 bridgehead atoms. The molecule has 7 rings (SSSR count). The van der Waals surface area contributed by atoms with Gasteiger partial charge in [0.1, 0.15) is 42.0 Å². The molecule has 7 aliphatic rings. The molecular weight excluding hydrogens is 776 g/mol. The number of fused-ring (bicyclic) bond motifs is 2. The molecule has 3 N–H and O–H groups in total. The summed E-state index contributed by atoms with van der Waals surface area (Å²) < 4.78 is 63.5. The first kappa shape index (κ1) is 46.0. The third-order valence-corrected chi connectivity index (χ3v) is 14.2. The first-order valence-electron chi connectivity index (χ1n) is 22.3. The first-order chi connectivity index (χ1) is 28.6. The highest BCUT2D eigenvalue weighted by molar-refractivity contribution is 5.78. The van der Waals surface area contributed by atoms with Gasteiger partial charge in [0.2, 0.25) is 0 Å². The molecule has 14 nitrogen and oxygen atoms in total. The van der Waals surface area contributed by atoms with Crippen LogP contribution in [0.25, 0.3) is 0 Å². The Morgan fingerprint density at radius 3 is 2.35 bits per heavy atom. The van der Waals surface area contributed by atoms with E-state index in [-0.39, 0.29) is 30.8 Å². The smallest absolute Gasteiger partial charge is 0.316 e. The summed E-state index contributed by atoms with van der Waals surface area (Å²) in [6.07, 6.45) is 6.46. The van der Waals surface area contributed by atoms with Crippen LogP contribution in [0, 0.1) is 17.8 Å². The molecule has 0 aromatic carbocycles. The van der Waals surface area contributed by atoms with Crippen molar-refractivity contribution in [2.24, 2.45) is 17.8 Å². The van der Waals surface area contributed by atoms with Crippen molar-refractivity contribution in [2.45, 2.75) is 197 Å². The largest absolute Gasteiger partial charge is 0.462 e. The van der Waals surface area contributed by atoms with Crippen molar-refractivity contribution < 1.29 is 67.5 Å². The fraction of sp³-hybridized carbons (Fsp3) is 0.804. The maximum Gasteiger partial charge on any atom is 0.316 e. The molecule has 5 fully saturated rings. The number of allylic oxidation sites excluding steroid dienone is 2. The summed E-state index contributed by atoms with van der Waals surface area (Å²) in [5.74, 6) is -2.37. The number of esters is 1. The molecule has 1 aliphatic carbocycles. The Labute approximate surface area is 355 Å². The van der Waals surface area contributed by atoms with Gasteiger partial charge < -0.3 is 62.7 Å². The van der Waals surface area contributed by atoms with E-state index < -0.39 is 90.8 Å². The number of carbonyl (C=O) groups is 1.